The molecule has 2 aliphatic carbocycles. The maximum atomic E-state index is 11.9. The third-order valence-corrected chi connectivity index (χ3v) is 5.74. The second-order valence-electron chi connectivity index (χ2n) is 7.12. The lowest BCUT2D eigenvalue weighted by atomic mass is 9.62. The highest BCUT2D eigenvalue weighted by Crippen LogP contribution is 2.58. The minimum Gasteiger partial charge on any atom is -0.388 e. The quantitative estimate of drug-likeness (QED) is 0.885. The van der Waals surface area contributed by atoms with Crippen LogP contribution in [0.25, 0.3) is 0 Å². The van der Waals surface area contributed by atoms with Crippen LogP contribution in [-0.4, -0.2) is 11.0 Å². The van der Waals surface area contributed by atoms with E-state index in [0.29, 0.717) is 0 Å². The fourth-order valence-electron chi connectivity index (χ4n) is 4.76. The zero-order valence-corrected chi connectivity index (χ0v) is 14.6. The molecule has 0 aliphatic heterocycles. The van der Waals surface area contributed by atoms with Crippen LogP contribution in [0.3, 0.4) is 0 Å². The van der Waals surface area contributed by atoms with E-state index < -0.39 is 11.5 Å². The number of amides is 1. The molecule has 3 N–H and O–H groups in total. The molecule has 0 saturated heterocycles. The van der Waals surface area contributed by atoms with E-state index in [-0.39, 0.29) is 18.2 Å². The molecule has 2 aliphatic rings. The van der Waals surface area contributed by atoms with Gasteiger partial charge >= 0.3 is 0 Å². The van der Waals surface area contributed by atoms with Crippen molar-refractivity contribution in [3.05, 3.63) is 95.1 Å². The minimum atomic E-state index is -0.727. The molecular weight excluding hydrogens is 322 g/mol. The first kappa shape index (κ1) is 16.8. The van der Waals surface area contributed by atoms with Gasteiger partial charge in [0.1, 0.15) is 0 Å². The van der Waals surface area contributed by atoms with Crippen molar-refractivity contribution in [1.82, 2.24) is 0 Å². The molecule has 2 aromatic carbocycles. The Hall–Kier alpha value is -2.65. The fraction of sp³-hybridized carbons (Fsp3) is 0.261. The first-order valence-corrected chi connectivity index (χ1v) is 9.14. The summed E-state index contributed by atoms with van der Waals surface area (Å²) in [5.41, 5.74) is 9.24. The average molecular weight is 345 g/mol. The molecule has 3 atom stereocenters. The predicted molar refractivity (Wildman–Crippen MR) is 102 cm³/mol. The number of aliphatic hydroxyl groups is 1. The van der Waals surface area contributed by atoms with Crippen LogP contribution < -0.4 is 5.73 Å². The SMILES string of the molecule is NC(=O)CC1C(O)c2ccccc2C1(C1=CCCC=C1)c1ccccc1. The number of fused-ring (bicyclic) bond motifs is 1. The lowest BCUT2D eigenvalue weighted by Gasteiger charge is -2.40. The summed E-state index contributed by atoms with van der Waals surface area (Å²) in [6.45, 7) is 0. The summed E-state index contributed by atoms with van der Waals surface area (Å²) in [4.78, 5) is 11.9. The normalized spacial score (nSPS) is 27.0. The number of allylic oxidation sites excluding steroid dienone is 4. The van der Waals surface area contributed by atoms with Gasteiger partial charge in [-0.2, -0.15) is 0 Å². The maximum Gasteiger partial charge on any atom is 0.217 e. The third-order valence-electron chi connectivity index (χ3n) is 5.74. The lowest BCUT2D eigenvalue weighted by Crippen LogP contribution is -2.38. The van der Waals surface area contributed by atoms with Crippen molar-refractivity contribution in [2.24, 2.45) is 11.7 Å². The molecule has 0 aromatic heterocycles. The van der Waals surface area contributed by atoms with Crippen LogP contribution >= 0.6 is 0 Å². The number of carbonyl (C=O) groups excluding carboxylic acids is 1. The number of benzene rings is 2. The molecule has 3 unspecified atom stereocenters. The molecule has 0 radical (unpaired) electrons. The van der Waals surface area contributed by atoms with Crippen LogP contribution in [0.2, 0.25) is 0 Å². The molecule has 0 fully saturated rings. The zero-order chi connectivity index (χ0) is 18.1. The molecule has 0 heterocycles. The Morgan fingerprint density at radius 3 is 2.50 bits per heavy atom. The number of aliphatic hydroxyl groups excluding tert-OH is 1. The van der Waals surface area contributed by atoms with Gasteiger partial charge in [-0.05, 0) is 35.1 Å². The predicted octanol–water partition coefficient (Wildman–Crippen LogP) is 3.79. The maximum absolute atomic E-state index is 11.9. The van der Waals surface area contributed by atoms with Crippen LogP contribution in [0, 0.1) is 5.92 Å². The van der Waals surface area contributed by atoms with Crippen molar-refractivity contribution in [2.45, 2.75) is 30.8 Å². The average Bonchev–Trinajstić information content (AvgIpc) is 2.92. The van der Waals surface area contributed by atoms with Crippen LogP contribution in [0.4, 0.5) is 0 Å². The van der Waals surface area contributed by atoms with Crippen LogP contribution in [0.1, 0.15) is 42.1 Å². The van der Waals surface area contributed by atoms with Crippen molar-refractivity contribution in [3.8, 4) is 0 Å². The van der Waals surface area contributed by atoms with Gasteiger partial charge in [-0.1, -0.05) is 72.8 Å². The van der Waals surface area contributed by atoms with Crippen molar-refractivity contribution < 1.29 is 9.90 Å². The second kappa shape index (κ2) is 6.58. The molecule has 1 amide bonds. The van der Waals surface area contributed by atoms with Gasteiger partial charge in [0.2, 0.25) is 5.91 Å². The molecular formula is C23H23NO2. The molecule has 3 nitrogen and oxygen atoms in total. The third kappa shape index (κ3) is 2.43. The first-order chi connectivity index (χ1) is 12.7. The highest BCUT2D eigenvalue weighted by atomic mass is 16.3. The summed E-state index contributed by atoms with van der Waals surface area (Å²) in [5, 5.41) is 11.2. The van der Waals surface area contributed by atoms with Gasteiger partial charge < -0.3 is 10.8 Å². The van der Waals surface area contributed by atoms with E-state index in [0.717, 1.165) is 35.1 Å². The highest BCUT2D eigenvalue weighted by molar-refractivity contribution is 5.76. The fourth-order valence-corrected chi connectivity index (χ4v) is 4.76. The molecule has 26 heavy (non-hydrogen) atoms. The monoisotopic (exact) mass is 345 g/mol. The van der Waals surface area contributed by atoms with Gasteiger partial charge in [0.25, 0.3) is 0 Å². The van der Waals surface area contributed by atoms with Crippen molar-refractivity contribution in [1.29, 1.82) is 0 Å². The first-order valence-electron chi connectivity index (χ1n) is 9.14. The largest absolute Gasteiger partial charge is 0.388 e. The summed E-state index contributed by atoms with van der Waals surface area (Å²) < 4.78 is 0. The molecule has 3 heteroatoms. The molecule has 132 valence electrons. The van der Waals surface area contributed by atoms with E-state index in [9.17, 15) is 9.90 Å². The second-order valence-corrected chi connectivity index (χ2v) is 7.12. The topological polar surface area (TPSA) is 63.3 Å². The van der Waals surface area contributed by atoms with E-state index in [1.165, 1.54) is 0 Å². The number of hydrogen-bond acceptors (Lipinski definition) is 2. The van der Waals surface area contributed by atoms with Gasteiger partial charge in [0, 0.05) is 12.3 Å². The van der Waals surface area contributed by atoms with Gasteiger partial charge in [0.15, 0.2) is 0 Å². The summed E-state index contributed by atoms with van der Waals surface area (Å²) in [6.07, 6.45) is 7.95. The van der Waals surface area contributed by atoms with Gasteiger partial charge in [-0.3, -0.25) is 4.79 Å². The highest BCUT2D eigenvalue weighted by Gasteiger charge is 2.54. The standard InChI is InChI=1S/C23H23NO2/c24-21(25)15-20-22(26)18-13-7-8-14-19(18)23(20,16-9-3-1-4-10-16)17-11-5-2-6-12-17/h1,3-5,7-14,20,22,26H,2,6,15H2,(H2,24,25). The number of carbonyl (C=O) groups is 1. The van der Waals surface area contributed by atoms with Crippen molar-refractivity contribution in [2.75, 3.05) is 0 Å². The Morgan fingerprint density at radius 1 is 1.08 bits per heavy atom. The summed E-state index contributed by atoms with van der Waals surface area (Å²) in [6, 6.07) is 18.2. The van der Waals surface area contributed by atoms with Gasteiger partial charge in [0.05, 0.1) is 11.5 Å². The van der Waals surface area contributed by atoms with E-state index in [4.69, 9.17) is 5.73 Å². The smallest absolute Gasteiger partial charge is 0.217 e. The van der Waals surface area contributed by atoms with Crippen LogP contribution in [-0.2, 0) is 10.2 Å². The molecule has 0 spiro atoms. The zero-order valence-electron chi connectivity index (χ0n) is 14.6. The van der Waals surface area contributed by atoms with Crippen LogP contribution in [0.5, 0.6) is 0 Å². The van der Waals surface area contributed by atoms with Gasteiger partial charge in [-0.15, -0.1) is 0 Å². The Balaban J connectivity index is 2.05. The van der Waals surface area contributed by atoms with E-state index in [2.05, 4.69) is 36.4 Å². The Kier molecular flexibility index (Phi) is 4.25. The summed E-state index contributed by atoms with van der Waals surface area (Å²) in [5.74, 6) is -0.712. The van der Waals surface area contributed by atoms with E-state index in [1.807, 2.05) is 36.4 Å². The van der Waals surface area contributed by atoms with E-state index >= 15 is 0 Å². The van der Waals surface area contributed by atoms with Crippen molar-refractivity contribution >= 4 is 5.91 Å². The lowest BCUT2D eigenvalue weighted by molar-refractivity contribution is -0.120. The summed E-state index contributed by atoms with van der Waals surface area (Å²) >= 11 is 0. The molecule has 4 rings (SSSR count). The van der Waals surface area contributed by atoms with Gasteiger partial charge in [-0.25, -0.2) is 0 Å². The number of rotatable bonds is 4. The Bertz CT molecular complexity index is 884. The van der Waals surface area contributed by atoms with E-state index in [1.54, 1.807) is 0 Å². The molecule has 0 bridgehead atoms. The summed E-state index contributed by atoms with van der Waals surface area (Å²) in [7, 11) is 0. The van der Waals surface area contributed by atoms with Crippen molar-refractivity contribution in [3.63, 3.8) is 0 Å². The van der Waals surface area contributed by atoms with Crippen LogP contribution in [0.15, 0.2) is 78.4 Å². The number of primary amides is 1. The number of hydrogen-bond donors (Lipinski definition) is 2. The Labute approximate surface area is 153 Å². The minimum absolute atomic E-state index is 0.135. The Morgan fingerprint density at radius 2 is 1.81 bits per heavy atom. The number of nitrogens with two attached hydrogens (primary N) is 1. The molecule has 0 saturated carbocycles. The molecule has 2 aromatic rings.